The summed E-state index contributed by atoms with van der Waals surface area (Å²) in [6.45, 7) is 0. The Morgan fingerprint density at radius 1 is 1.41 bits per heavy atom. The van der Waals surface area contributed by atoms with Gasteiger partial charge in [0.05, 0.1) is 18.2 Å². The Hall–Kier alpha value is -1.41. The number of anilines is 1. The molecule has 5 nitrogen and oxygen atoms in total. The third-order valence-corrected chi connectivity index (χ3v) is 3.90. The van der Waals surface area contributed by atoms with Crippen molar-refractivity contribution in [2.24, 2.45) is 0 Å². The van der Waals surface area contributed by atoms with Crippen LogP contribution in [0.25, 0.3) is 0 Å². The van der Waals surface area contributed by atoms with Crippen LogP contribution >= 0.6 is 15.9 Å². The lowest BCUT2D eigenvalue weighted by molar-refractivity contribution is 0.595. The highest BCUT2D eigenvalue weighted by Gasteiger charge is 2.19. The number of hydrogen-bond acceptors (Lipinski definition) is 3. The quantitative estimate of drug-likeness (QED) is 0.909. The molecule has 2 rings (SSSR count). The van der Waals surface area contributed by atoms with Gasteiger partial charge in [-0.2, -0.15) is 8.42 Å². The minimum absolute atomic E-state index is 0.132. The summed E-state index contributed by atoms with van der Waals surface area (Å²) in [6, 6.07) is 4.16. The number of rotatable bonds is 3. The summed E-state index contributed by atoms with van der Waals surface area (Å²) >= 11 is 3.07. The van der Waals surface area contributed by atoms with Crippen molar-refractivity contribution in [1.82, 2.24) is 9.97 Å². The van der Waals surface area contributed by atoms with Gasteiger partial charge in [-0.1, -0.05) is 6.07 Å². The highest BCUT2D eigenvalue weighted by Crippen LogP contribution is 2.27. The van der Waals surface area contributed by atoms with Crippen molar-refractivity contribution in [3.8, 4) is 0 Å². The van der Waals surface area contributed by atoms with Gasteiger partial charge < -0.3 is 4.98 Å². The Morgan fingerprint density at radius 2 is 2.18 bits per heavy atom. The Labute approximate surface area is 105 Å². The van der Waals surface area contributed by atoms with Crippen LogP contribution in [0.15, 0.2) is 40.2 Å². The van der Waals surface area contributed by atoms with Gasteiger partial charge in [0.2, 0.25) is 0 Å². The molecule has 0 unspecified atom stereocenters. The highest BCUT2D eigenvalue weighted by molar-refractivity contribution is 9.10. The van der Waals surface area contributed by atoms with Gasteiger partial charge in [0.25, 0.3) is 10.0 Å². The maximum atomic E-state index is 13.4. The number of aromatic amines is 1. The SMILES string of the molecule is O=S(=O)(Nc1c(F)cccc1Br)c1cnc[nH]1. The van der Waals surface area contributed by atoms with Crippen LogP contribution in [0.2, 0.25) is 0 Å². The maximum Gasteiger partial charge on any atom is 0.279 e. The van der Waals surface area contributed by atoms with E-state index in [0.717, 1.165) is 12.3 Å². The Balaban J connectivity index is 2.40. The van der Waals surface area contributed by atoms with E-state index in [2.05, 4.69) is 30.6 Å². The molecule has 0 radical (unpaired) electrons. The standard InChI is InChI=1S/C9H7BrFN3O2S/c10-6-2-1-3-7(11)9(6)14-17(15,16)8-4-12-5-13-8/h1-5,14H,(H,12,13). The first-order valence-electron chi connectivity index (χ1n) is 4.46. The lowest BCUT2D eigenvalue weighted by atomic mass is 10.3. The summed E-state index contributed by atoms with van der Waals surface area (Å²) in [5.74, 6) is -0.664. The molecule has 0 saturated heterocycles. The molecule has 1 heterocycles. The second-order valence-corrected chi connectivity index (χ2v) is 5.62. The van der Waals surface area contributed by atoms with Crippen molar-refractivity contribution >= 4 is 31.6 Å². The van der Waals surface area contributed by atoms with Crippen molar-refractivity contribution in [1.29, 1.82) is 0 Å². The van der Waals surface area contributed by atoms with Gasteiger partial charge in [-0.3, -0.25) is 4.72 Å². The van der Waals surface area contributed by atoms with E-state index in [1.165, 1.54) is 18.5 Å². The van der Waals surface area contributed by atoms with Crippen molar-refractivity contribution in [2.45, 2.75) is 5.03 Å². The average Bonchev–Trinajstić information content (AvgIpc) is 2.77. The highest BCUT2D eigenvalue weighted by atomic mass is 79.9. The van der Waals surface area contributed by atoms with Gasteiger partial charge in [0.1, 0.15) is 5.82 Å². The number of nitrogens with one attached hydrogen (secondary N) is 2. The third-order valence-electron chi connectivity index (χ3n) is 1.96. The first kappa shape index (κ1) is 12.1. The number of aromatic nitrogens is 2. The van der Waals surface area contributed by atoms with Crippen molar-refractivity contribution in [3.05, 3.63) is 41.0 Å². The summed E-state index contributed by atoms with van der Waals surface area (Å²) in [4.78, 5) is 6.03. The van der Waals surface area contributed by atoms with E-state index in [-0.39, 0.29) is 10.7 Å². The molecule has 0 aliphatic carbocycles. The van der Waals surface area contributed by atoms with Crippen LogP contribution in [0.3, 0.4) is 0 Å². The van der Waals surface area contributed by atoms with Crippen LogP contribution in [-0.2, 0) is 10.0 Å². The Morgan fingerprint density at radius 3 is 2.76 bits per heavy atom. The minimum Gasteiger partial charge on any atom is -0.334 e. The molecule has 8 heteroatoms. The molecule has 90 valence electrons. The molecule has 0 saturated carbocycles. The fourth-order valence-electron chi connectivity index (χ4n) is 1.17. The van der Waals surface area contributed by atoms with Gasteiger partial charge in [-0.05, 0) is 28.1 Å². The molecule has 0 atom stereocenters. The molecule has 2 N–H and O–H groups in total. The summed E-state index contributed by atoms with van der Waals surface area (Å²) in [6.07, 6.45) is 2.36. The van der Waals surface area contributed by atoms with Gasteiger partial charge in [-0.15, -0.1) is 0 Å². The van der Waals surface area contributed by atoms with E-state index in [9.17, 15) is 12.8 Å². The van der Waals surface area contributed by atoms with Gasteiger partial charge in [0.15, 0.2) is 5.03 Å². The molecule has 0 fully saturated rings. The zero-order valence-electron chi connectivity index (χ0n) is 8.31. The summed E-state index contributed by atoms with van der Waals surface area (Å²) < 4.78 is 39.5. The Bertz CT molecular complexity index is 607. The van der Waals surface area contributed by atoms with Crippen LogP contribution in [0.5, 0.6) is 0 Å². The van der Waals surface area contributed by atoms with Crippen LogP contribution in [0.4, 0.5) is 10.1 Å². The van der Waals surface area contributed by atoms with Gasteiger partial charge in [0, 0.05) is 4.47 Å². The average molecular weight is 320 g/mol. The number of benzene rings is 1. The molecule has 0 bridgehead atoms. The van der Waals surface area contributed by atoms with Crippen molar-refractivity contribution in [2.75, 3.05) is 4.72 Å². The first-order valence-corrected chi connectivity index (χ1v) is 6.73. The molecule has 0 aliphatic heterocycles. The van der Waals surface area contributed by atoms with Crippen LogP contribution in [0.1, 0.15) is 0 Å². The first-order chi connectivity index (χ1) is 8.00. The zero-order valence-corrected chi connectivity index (χ0v) is 10.7. The lowest BCUT2D eigenvalue weighted by Gasteiger charge is -2.08. The van der Waals surface area contributed by atoms with Crippen LogP contribution in [0, 0.1) is 5.82 Å². The van der Waals surface area contributed by atoms with Crippen LogP contribution < -0.4 is 4.72 Å². The molecular formula is C9H7BrFN3O2S. The van der Waals surface area contributed by atoms with E-state index in [1.54, 1.807) is 0 Å². The van der Waals surface area contributed by atoms with Crippen molar-refractivity contribution in [3.63, 3.8) is 0 Å². The molecule has 2 aromatic rings. The van der Waals surface area contributed by atoms with E-state index >= 15 is 0 Å². The maximum absolute atomic E-state index is 13.4. The topological polar surface area (TPSA) is 74.8 Å². The van der Waals surface area contributed by atoms with E-state index in [1.807, 2.05) is 0 Å². The van der Waals surface area contributed by atoms with Crippen LogP contribution in [-0.4, -0.2) is 18.4 Å². The smallest absolute Gasteiger partial charge is 0.279 e. The predicted molar refractivity (Wildman–Crippen MR) is 63.5 cm³/mol. The number of sulfonamides is 1. The fourth-order valence-corrected chi connectivity index (χ4v) is 2.74. The molecule has 1 aromatic carbocycles. The monoisotopic (exact) mass is 319 g/mol. The molecule has 0 spiro atoms. The number of nitrogens with zero attached hydrogens (tertiary/aromatic N) is 1. The molecule has 0 aliphatic rings. The van der Waals surface area contributed by atoms with E-state index in [0.29, 0.717) is 4.47 Å². The van der Waals surface area contributed by atoms with Crippen molar-refractivity contribution < 1.29 is 12.8 Å². The molecule has 1 aromatic heterocycles. The second kappa shape index (κ2) is 4.46. The number of imidazole rings is 1. The number of H-pyrrole nitrogens is 1. The van der Waals surface area contributed by atoms with Gasteiger partial charge >= 0.3 is 0 Å². The van der Waals surface area contributed by atoms with Gasteiger partial charge in [-0.25, -0.2) is 9.37 Å². The molecule has 17 heavy (non-hydrogen) atoms. The number of halogens is 2. The third kappa shape index (κ3) is 2.47. The van der Waals surface area contributed by atoms with E-state index in [4.69, 9.17) is 0 Å². The number of para-hydroxylation sites is 1. The summed E-state index contributed by atoms with van der Waals surface area (Å²) in [5, 5.41) is -0.132. The fraction of sp³-hybridized carbons (Fsp3) is 0. The zero-order chi connectivity index (χ0) is 12.5. The molecule has 0 amide bonds. The Kier molecular flexibility index (Phi) is 3.16. The summed E-state index contributed by atoms with van der Waals surface area (Å²) in [5.41, 5.74) is -0.137. The van der Waals surface area contributed by atoms with E-state index < -0.39 is 15.8 Å². The lowest BCUT2D eigenvalue weighted by Crippen LogP contribution is -2.14. The summed E-state index contributed by atoms with van der Waals surface area (Å²) in [7, 11) is -3.85. The number of hydrogen-bond donors (Lipinski definition) is 2. The minimum atomic E-state index is -3.85. The largest absolute Gasteiger partial charge is 0.334 e. The second-order valence-electron chi connectivity index (χ2n) is 3.12. The molecular weight excluding hydrogens is 313 g/mol. The predicted octanol–water partition coefficient (Wildman–Crippen LogP) is 2.11. The normalized spacial score (nSPS) is 11.4.